The third kappa shape index (κ3) is 2.45. The molecule has 2 fully saturated rings. The Hall–Kier alpha value is -2.12. The van der Waals surface area contributed by atoms with E-state index < -0.39 is 36.4 Å². The molecule has 0 heterocycles. The van der Waals surface area contributed by atoms with E-state index in [9.17, 15) is 19.2 Å². The molecular formula is C12H14O8. The van der Waals surface area contributed by atoms with E-state index in [1.54, 1.807) is 0 Å². The van der Waals surface area contributed by atoms with Crippen LogP contribution in [0.5, 0.6) is 0 Å². The van der Waals surface area contributed by atoms with Crippen molar-refractivity contribution in [2.24, 2.45) is 11.8 Å². The van der Waals surface area contributed by atoms with Crippen molar-refractivity contribution in [1.29, 1.82) is 0 Å². The number of carbonyl (C=O) groups excluding carboxylic acids is 4. The molecule has 2 unspecified atom stereocenters. The molecule has 110 valence electrons. The third-order valence-electron chi connectivity index (χ3n) is 3.62. The van der Waals surface area contributed by atoms with Crippen molar-refractivity contribution in [3.8, 4) is 0 Å². The Kier molecular flexibility index (Phi) is 3.91. The van der Waals surface area contributed by atoms with Gasteiger partial charge in [0.2, 0.25) is 0 Å². The molecule has 0 N–H and O–H groups in total. The summed E-state index contributed by atoms with van der Waals surface area (Å²) < 4.78 is 18.4. The summed E-state index contributed by atoms with van der Waals surface area (Å²) in [5.41, 5.74) is 0. The van der Waals surface area contributed by atoms with Crippen LogP contribution in [-0.4, -0.2) is 50.3 Å². The highest BCUT2D eigenvalue weighted by Crippen LogP contribution is 2.43. The van der Waals surface area contributed by atoms with E-state index >= 15 is 0 Å². The van der Waals surface area contributed by atoms with Gasteiger partial charge in [-0.05, 0) is 0 Å². The Morgan fingerprint density at radius 1 is 0.850 bits per heavy atom. The molecule has 2 aliphatic rings. The average Bonchev–Trinajstić information content (AvgIpc) is 2.87. The molecule has 2 saturated carbocycles. The first-order valence-electron chi connectivity index (χ1n) is 6.02. The molecule has 2 aliphatic carbocycles. The molecule has 2 rings (SSSR count). The number of ether oxygens (including phenoxy) is 4. The normalized spacial score (nSPS) is 31.7. The van der Waals surface area contributed by atoms with E-state index in [0.29, 0.717) is 0 Å². The van der Waals surface area contributed by atoms with Crippen LogP contribution < -0.4 is 0 Å². The van der Waals surface area contributed by atoms with Gasteiger partial charge in [0, 0.05) is 24.7 Å². The monoisotopic (exact) mass is 286 g/mol. The fraction of sp³-hybridized carbons (Fsp3) is 0.667. The fourth-order valence-corrected chi connectivity index (χ4v) is 2.75. The van der Waals surface area contributed by atoms with Gasteiger partial charge in [0.25, 0.3) is 0 Å². The van der Waals surface area contributed by atoms with Gasteiger partial charge in [0.1, 0.15) is 0 Å². The second-order valence-corrected chi connectivity index (χ2v) is 4.65. The first kappa shape index (κ1) is 14.3. The van der Waals surface area contributed by atoms with Gasteiger partial charge in [-0.15, -0.1) is 0 Å². The highest BCUT2D eigenvalue weighted by molar-refractivity contribution is 5.95. The molecule has 0 bridgehead atoms. The number of fused-ring (bicyclic) bond motifs is 1. The van der Waals surface area contributed by atoms with Crippen LogP contribution in [0.2, 0.25) is 0 Å². The molecule has 0 saturated heterocycles. The largest absolute Gasteiger partial charge is 0.508 e. The van der Waals surface area contributed by atoms with Gasteiger partial charge in [-0.2, -0.15) is 0 Å². The third-order valence-corrected chi connectivity index (χ3v) is 3.62. The summed E-state index contributed by atoms with van der Waals surface area (Å²) in [6, 6.07) is 0. The van der Waals surface area contributed by atoms with E-state index in [0.717, 1.165) is 14.2 Å². The topological polar surface area (TPSA) is 105 Å². The Bertz CT molecular complexity index is 414. The summed E-state index contributed by atoms with van der Waals surface area (Å²) in [6.07, 6.45) is -3.98. The molecule has 0 amide bonds. The van der Waals surface area contributed by atoms with Crippen LogP contribution in [0.25, 0.3) is 0 Å². The number of hydrogen-bond donors (Lipinski definition) is 0. The molecule has 20 heavy (non-hydrogen) atoms. The summed E-state index contributed by atoms with van der Waals surface area (Å²) >= 11 is 0. The minimum atomic E-state index is -1.03. The second kappa shape index (κ2) is 5.48. The van der Waals surface area contributed by atoms with Gasteiger partial charge < -0.3 is 18.9 Å². The van der Waals surface area contributed by atoms with Crippen LogP contribution in [0.3, 0.4) is 0 Å². The molecule has 4 atom stereocenters. The van der Waals surface area contributed by atoms with Crippen LogP contribution in [0.1, 0.15) is 12.8 Å². The van der Waals surface area contributed by atoms with E-state index in [1.807, 2.05) is 0 Å². The Morgan fingerprint density at radius 2 is 1.20 bits per heavy atom. The van der Waals surface area contributed by atoms with Crippen LogP contribution >= 0.6 is 0 Å². The van der Waals surface area contributed by atoms with Crippen LogP contribution in [0.4, 0.5) is 9.59 Å². The van der Waals surface area contributed by atoms with Gasteiger partial charge >= 0.3 is 12.3 Å². The van der Waals surface area contributed by atoms with Crippen LogP contribution in [-0.2, 0) is 28.5 Å². The highest BCUT2D eigenvalue weighted by Gasteiger charge is 2.56. The first-order chi connectivity index (χ1) is 9.47. The first-order valence-corrected chi connectivity index (χ1v) is 6.02. The number of hydrogen-bond acceptors (Lipinski definition) is 8. The molecule has 8 heteroatoms. The summed E-state index contributed by atoms with van der Waals surface area (Å²) in [4.78, 5) is 45.9. The van der Waals surface area contributed by atoms with Gasteiger partial charge in [-0.25, -0.2) is 9.59 Å². The summed E-state index contributed by atoms with van der Waals surface area (Å²) in [6.45, 7) is 0. The highest BCUT2D eigenvalue weighted by atomic mass is 16.7. The Labute approximate surface area is 114 Å². The predicted octanol–water partition coefficient (Wildman–Crippen LogP) is 0.468. The number of carbonyl (C=O) groups is 4. The zero-order chi connectivity index (χ0) is 14.9. The van der Waals surface area contributed by atoms with Crippen molar-refractivity contribution < 1.29 is 38.1 Å². The van der Waals surface area contributed by atoms with Crippen molar-refractivity contribution in [3.05, 3.63) is 0 Å². The summed E-state index contributed by atoms with van der Waals surface area (Å²) in [5, 5.41) is 0. The lowest BCUT2D eigenvalue weighted by molar-refractivity contribution is -0.130. The maximum absolute atomic E-state index is 11.8. The zero-order valence-electron chi connectivity index (χ0n) is 11.0. The van der Waals surface area contributed by atoms with E-state index in [4.69, 9.17) is 9.47 Å². The van der Waals surface area contributed by atoms with Gasteiger partial charge in [-0.3, -0.25) is 9.59 Å². The second-order valence-electron chi connectivity index (χ2n) is 4.65. The molecular weight excluding hydrogens is 272 g/mol. The van der Waals surface area contributed by atoms with E-state index in [1.165, 1.54) is 0 Å². The van der Waals surface area contributed by atoms with Crippen molar-refractivity contribution in [3.63, 3.8) is 0 Å². The standard InChI is InChI=1S/C12H14O8/c1-17-11(15)19-9-5-3-8(14)10(20-12(16)18-2)6(5)4-7(9)13/h5-6,9-10H,3-4H2,1-2H3/t5-,6-,9?,10?/m1/s1. The van der Waals surface area contributed by atoms with Crippen molar-refractivity contribution >= 4 is 23.9 Å². The molecule has 0 spiro atoms. The van der Waals surface area contributed by atoms with E-state index in [2.05, 4.69) is 9.47 Å². The predicted molar refractivity (Wildman–Crippen MR) is 60.8 cm³/mol. The van der Waals surface area contributed by atoms with Crippen LogP contribution in [0, 0.1) is 11.8 Å². The summed E-state index contributed by atoms with van der Waals surface area (Å²) in [7, 11) is 2.25. The van der Waals surface area contributed by atoms with Crippen molar-refractivity contribution in [2.75, 3.05) is 14.2 Å². The maximum atomic E-state index is 11.8. The maximum Gasteiger partial charge on any atom is 0.508 e. The molecule has 0 aromatic heterocycles. The lowest BCUT2D eigenvalue weighted by atomic mass is 9.98. The molecule has 0 radical (unpaired) electrons. The minimum absolute atomic E-state index is 0.0136. The fourth-order valence-electron chi connectivity index (χ4n) is 2.75. The number of methoxy groups -OCH3 is 2. The minimum Gasteiger partial charge on any atom is -0.438 e. The number of Topliss-reactive ketones (excluding diaryl/α,β-unsaturated/α-hetero) is 2. The molecule has 0 aromatic carbocycles. The molecule has 0 aromatic rings. The molecule has 8 nitrogen and oxygen atoms in total. The van der Waals surface area contributed by atoms with Gasteiger partial charge in [0.15, 0.2) is 23.8 Å². The smallest absolute Gasteiger partial charge is 0.438 e. The van der Waals surface area contributed by atoms with E-state index in [-0.39, 0.29) is 24.4 Å². The zero-order valence-corrected chi connectivity index (χ0v) is 11.0. The molecule has 0 aliphatic heterocycles. The van der Waals surface area contributed by atoms with Crippen molar-refractivity contribution in [1.82, 2.24) is 0 Å². The SMILES string of the molecule is COC(=O)OC1C(=O)C[C@H]2C(OC(=O)OC)C(=O)C[C@@H]12. The van der Waals surface area contributed by atoms with Crippen molar-refractivity contribution in [2.45, 2.75) is 25.0 Å². The lowest BCUT2D eigenvalue weighted by Crippen LogP contribution is -2.29. The number of rotatable bonds is 2. The van der Waals surface area contributed by atoms with Gasteiger partial charge in [-0.1, -0.05) is 0 Å². The number of ketones is 2. The Morgan fingerprint density at radius 3 is 1.50 bits per heavy atom. The lowest BCUT2D eigenvalue weighted by Gasteiger charge is -2.17. The Balaban J connectivity index is 2.10. The van der Waals surface area contributed by atoms with Crippen LogP contribution in [0.15, 0.2) is 0 Å². The van der Waals surface area contributed by atoms with Gasteiger partial charge in [0.05, 0.1) is 14.2 Å². The summed E-state index contributed by atoms with van der Waals surface area (Å²) in [5.74, 6) is -1.58. The quantitative estimate of drug-likeness (QED) is 0.674. The average molecular weight is 286 g/mol.